The van der Waals surface area contributed by atoms with E-state index in [0.717, 1.165) is 11.4 Å². The van der Waals surface area contributed by atoms with Crippen LogP contribution in [0.4, 0.5) is 0 Å². The lowest BCUT2D eigenvalue weighted by Gasteiger charge is -2.13. The van der Waals surface area contributed by atoms with E-state index in [4.69, 9.17) is 9.47 Å². The summed E-state index contributed by atoms with van der Waals surface area (Å²) in [6.07, 6.45) is -0.0334. The maximum Gasteiger partial charge on any atom is 0.347 e. The summed E-state index contributed by atoms with van der Waals surface area (Å²) < 4.78 is 12.0. The quantitative estimate of drug-likeness (QED) is 0.628. The molecule has 0 fully saturated rings. The summed E-state index contributed by atoms with van der Waals surface area (Å²) in [4.78, 5) is 28.9. The third kappa shape index (κ3) is 4.03. The predicted octanol–water partition coefficient (Wildman–Crippen LogP) is 2.22. The van der Waals surface area contributed by atoms with Gasteiger partial charge in [-0.1, -0.05) is 36.5 Å². The molecule has 0 unspecified atom stereocenters. The van der Waals surface area contributed by atoms with Gasteiger partial charge in [-0.2, -0.15) is 9.61 Å². The van der Waals surface area contributed by atoms with Gasteiger partial charge in [0.1, 0.15) is 17.4 Å². The van der Waals surface area contributed by atoms with Crippen LogP contribution in [0.25, 0.3) is 4.96 Å². The number of para-hydroxylation sites is 1. The van der Waals surface area contributed by atoms with Crippen LogP contribution >= 0.6 is 11.3 Å². The van der Waals surface area contributed by atoms with Crippen molar-refractivity contribution in [2.75, 3.05) is 0 Å². The Kier molecular flexibility index (Phi) is 5.08. The zero-order chi connectivity index (χ0) is 17.8. The van der Waals surface area contributed by atoms with Crippen LogP contribution in [0, 0.1) is 0 Å². The summed E-state index contributed by atoms with van der Waals surface area (Å²) in [5.74, 6) is 0.0610. The van der Waals surface area contributed by atoms with Crippen LogP contribution in [0.5, 0.6) is 5.75 Å². The maximum atomic E-state index is 12.1. The van der Waals surface area contributed by atoms with Crippen LogP contribution in [-0.4, -0.2) is 26.7 Å². The lowest BCUT2D eigenvalue weighted by atomic mass is 10.3. The first-order chi connectivity index (χ1) is 12.1. The number of carbonyl (C=O) groups is 1. The third-order valence-corrected chi connectivity index (χ3v) is 4.45. The number of nitrogens with zero attached hydrogens (tertiary/aromatic N) is 3. The maximum absolute atomic E-state index is 12.1. The Balaban J connectivity index is 1.65. The first kappa shape index (κ1) is 17.1. The summed E-state index contributed by atoms with van der Waals surface area (Å²) in [5, 5.41) is 5.00. The molecule has 3 aromatic rings. The number of benzene rings is 1. The van der Waals surface area contributed by atoms with E-state index < -0.39 is 12.1 Å². The molecule has 3 rings (SSSR count). The van der Waals surface area contributed by atoms with Crippen LogP contribution in [0.2, 0.25) is 0 Å². The zero-order valence-corrected chi connectivity index (χ0v) is 14.7. The number of esters is 1. The molecule has 0 aliphatic rings. The molecule has 0 saturated heterocycles. The van der Waals surface area contributed by atoms with Gasteiger partial charge in [-0.05, 0) is 25.5 Å². The van der Waals surface area contributed by atoms with Crippen LogP contribution in [-0.2, 0) is 22.6 Å². The normalized spacial score (nSPS) is 12.1. The van der Waals surface area contributed by atoms with E-state index in [1.807, 2.05) is 25.1 Å². The molecular weight excluding hydrogens is 342 g/mol. The first-order valence-electron chi connectivity index (χ1n) is 7.84. The summed E-state index contributed by atoms with van der Waals surface area (Å²) in [6, 6.07) is 10.3. The molecule has 1 atom stereocenters. The second-order valence-electron chi connectivity index (χ2n) is 5.31. The van der Waals surface area contributed by atoms with E-state index in [1.165, 1.54) is 21.9 Å². The molecule has 1 aromatic carbocycles. The van der Waals surface area contributed by atoms with Gasteiger partial charge in [-0.25, -0.2) is 9.78 Å². The Morgan fingerprint density at radius 1 is 1.32 bits per heavy atom. The average Bonchev–Trinajstić information content (AvgIpc) is 3.04. The smallest absolute Gasteiger partial charge is 0.347 e. The van der Waals surface area contributed by atoms with E-state index in [1.54, 1.807) is 19.1 Å². The van der Waals surface area contributed by atoms with Crippen LogP contribution < -0.4 is 10.3 Å². The molecule has 0 saturated carbocycles. The molecular formula is C17H17N3O4S. The molecule has 8 heteroatoms. The van der Waals surface area contributed by atoms with Crippen molar-refractivity contribution in [3.63, 3.8) is 0 Å². The second kappa shape index (κ2) is 7.43. The van der Waals surface area contributed by atoms with Crippen molar-refractivity contribution in [1.82, 2.24) is 14.6 Å². The van der Waals surface area contributed by atoms with Gasteiger partial charge >= 0.3 is 5.97 Å². The number of hydrogen-bond acceptors (Lipinski definition) is 7. The fraction of sp³-hybridized carbons (Fsp3) is 0.294. The highest BCUT2D eigenvalue weighted by atomic mass is 32.1. The fourth-order valence-corrected chi connectivity index (χ4v) is 2.98. The van der Waals surface area contributed by atoms with Gasteiger partial charge in [-0.15, -0.1) is 0 Å². The number of carbonyl (C=O) groups excluding carboxylic acids is 1. The first-order valence-corrected chi connectivity index (χ1v) is 8.65. The highest BCUT2D eigenvalue weighted by Crippen LogP contribution is 2.13. The number of hydrogen-bond donors (Lipinski definition) is 0. The second-order valence-corrected chi connectivity index (χ2v) is 6.35. The summed E-state index contributed by atoms with van der Waals surface area (Å²) in [6.45, 7) is 3.48. The zero-order valence-electron chi connectivity index (χ0n) is 13.8. The third-order valence-electron chi connectivity index (χ3n) is 3.39. The number of fused-ring (bicyclic) bond motifs is 1. The Morgan fingerprint density at radius 3 is 2.80 bits per heavy atom. The lowest BCUT2D eigenvalue weighted by Crippen LogP contribution is -2.26. The monoisotopic (exact) mass is 359 g/mol. The van der Waals surface area contributed by atoms with Gasteiger partial charge in [-0.3, -0.25) is 4.79 Å². The predicted molar refractivity (Wildman–Crippen MR) is 92.8 cm³/mol. The molecule has 0 aliphatic carbocycles. The number of aromatic nitrogens is 3. The molecule has 2 heterocycles. The minimum Gasteiger partial charge on any atom is -0.479 e. The van der Waals surface area contributed by atoms with Crippen molar-refractivity contribution in [3.05, 3.63) is 57.5 Å². The Hall–Kier alpha value is -2.74. The lowest BCUT2D eigenvalue weighted by molar-refractivity contribution is -0.152. The minimum atomic E-state index is -0.762. The van der Waals surface area contributed by atoms with Gasteiger partial charge in [0.05, 0.1) is 5.69 Å². The molecule has 130 valence electrons. The average molecular weight is 359 g/mol. The Labute approximate surface area is 147 Å². The van der Waals surface area contributed by atoms with Crippen molar-refractivity contribution < 1.29 is 14.3 Å². The molecule has 2 aromatic heterocycles. The van der Waals surface area contributed by atoms with Crippen molar-refractivity contribution in [3.8, 4) is 5.75 Å². The number of rotatable bonds is 6. The van der Waals surface area contributed by atoms with Crippen molar-refractivity contribution >= 4 is 22.3 Å². The van der Waals surface area contributed by atoms with Crippen LogP contribution in [0.1, 0.15) is 24.5 Å². The van der Waals surface area contributed by atoms with Crippen molar-refractivity contribution in [2.45, 2.75) is 33.0 Å². The van der Waals surface area contributed by atoms with Gasteiger partial charge in [0, 0.05) is 6.07 Å². The molecule has 0 bridgehead atoms. The van der Waals surface area contributed by atoms with Gasteiger partial charge < -0.3 is 9.47 Å². The molecule has 0 spiro atoms. The van der Waals surface area contributed by atoms with Crippen LogP contribution in [0.3, 0.4) is 0 Å². The molecule has 25 heavy (non-hydrogen) atoms. The van der Waals surface area contributed by atoms with E-state index in [9.17, 15) is 9.59 Å². The van der Waals surface area contributed by atoms with Crippen molar-refractivity contribution in [1.29, 1.82) is 0 Å². The number of ether oxygens (including phenoxy) is 2. The van der Waals surface area contributed by atoms with Gasteiger partial charge in [0.2, 0.25) is 4.96 Å². The molecule has 0 N–H and O–H groups in total. The topological polar surface area (TPSA) is 82.8 Å². The summed E-state index contributed by atoms with van der Waals surface area (Å²) in [7, 11) is 0. The van der Waals surface area contributed by atoms with E-state index in [-0.39, 0.29) is 12.2 Å². The molecule has 0 amide bonds. The largest absolute Gasteiger partial charge is 0.479 e. The summed E-state index contributed by atoms with van der Waals surface area (Å²) in [5.41, 5.74) is 0.0946. The fourth-order valence-electron chi connectivity index (χ4n) is 2.13. The SMILES string of the molecule is CCc1nn2c(=O)cc(COC(=O)[C@@H](C)Oc3ccccc3)nc2s1. The Bertz CT molecular complexity index is 936. The van der Waals surface area contributed by atoms with E-state index >= 15 is 0 Å². The van der Waals surface area contributed by atoms with Crippen molar-refractivity contribution in [2.24, 2.45) is 0 Å². The number of aryl methyl sites for hydroxylation is 1. The van der Waals surface area contributed by atoms with Gasteiger partial charge in [0.15, 0.2) is 6.10 Å². The molecule has 0 aliphatic heterocycles. The molecule has 0 radical (unpaired) electrons. The van der Waals surface area contributed by atoms with E-state index in [0.29, 0.717) is 16.4 Å². The highest BCUT2D eigenvalue weighted by Gasteiger charge is 2.17. The van der Waals surface area contributed by atoms with Crippen LogP contribution in [0.15, 0.2) is 41.2 Å². The minimum absolute atomic E-state index is 0.0909. The summed E-state index contributed by atoms with van der Waals surface area (Å²) >= 11 is 1.34. The Morgan fingerprint density at radius 2 is 2.08 bits per heavy atom. The highest BCUT2D eigenvalue weighted by molar-refractivity contribution is 7.16. The molecule has 7 nitrogen and oxygen atoms in total. The van der Waals surface area contributed by atoms with Gasteiger partial charge in [0.25, 0.3) is 5.56 Å². The van der Waals surface area contributed by atoms with E-state index in [2.05, 4.69) is 10.1 Å². The standard InChI is InChI=1S/C17H17N3O4S/c1-3-14-19-20-15(21)9-12(18-17(20)25-14)10-23-16(22)11(2)24-13-7-5-4-6-8-13/h4-9,11H,3,10H2,1-2H3/t11-/m1/s1.